The topological polar surface area (TPSA) is 92.9 Å². The Balaban J connectivity index is 2.13. The fourth-order valence-corrected chi connectivity index (χ4v) is 6.58. The first kappa shape index (κ1) is 32.4. The molecule has 12 heteroatoms. The Morgan fingerprint density at radius 3 is 1.76 bits per heavy atom. The largest absolute Gasteiger partial charge is 0.480 e. The molecule has 2 rings (SSSR count). The fourth-order valence-electron chi connectivity index (χ4n) is 3.24. The van der Waals surface area contributed by atoms with E-state index in [4.69, 9.17) is 40.0 Å². The second kappa shape index (κ2) is 17.0. The molecule has 0 aromatic heterocycles. The van der Waals surface area contributed by atoms with Crippen molar-refractivity contribution >= 4 is 99.6 Å². The van der Waals surface area contributed by atoms with Crippen LogP contribution in [0.1, 0.15) is 24.0 Å². The van der Waals surface area contributed by atoms with Gasteiger partial charge in [0.15, 0.2) is 0 Å². The number of hydrogen-bond donors (Lipinski definition) is 2. The smallest absolute Gasteiger partial charge is 0.323 e. The lowest BCUT2D eigenvalue weighted by molar-refractivity contribution is -0.146. The molecule has 0 fully saturated rings. The second-order valence-corrected chi connectivity index (χ2v) is 13.3. The minimum atomic E-state index is -1.05. The minimum absolute atomic E-state index is 0.231. The number of carboxylic acid groups (broad SMARTS) is 1. The number of thiocarbonyl (C=S) groups is 2. The lowest BCUT2D eigenvalue weighted by Crippen LogP contribution is -2.45. The van der Waals surface area contributed by atoms with Gasteiger partial charge in [0.05, 0.1) is 7.11 Å². The molecule has 0 spiro atoms. The van der Waals surface area contributed by atoms with Crippen LogP contribution in [0.3, 0.4) is 0 Å². The highest BCUT2D eigenvalue weighted by Gasteiger charge is 2.28. The van der Waals surface area contributed by atoms with Crippen LogP contribution in [0.4, 0.5) is 0 Å². The van der Waals surface area contributed by atoms with Crippen molar-refractivity contribution in [1.29, 1.82) is 0 Å². The Bertz CT molecular complexity index is 1010. The number of aliphatic carboxylic acids is 1. The Kier molecular flexibility index (Phi) is 14.8. The van der Waals surface area contributed by atoms with Crippen LogP contribution < -0.4 is 5.73 Å². The molecule has 37 heavy (non-hydrogen) atoms. The van der Waals surface area contributed by atoms with E-state index in [0.717, 1.165) is 29.8 Å². The molecule has 1 unspecified atom stereocenters. The minimum Gasteiger partial charge on any atom is -0.480 e. The first-order valence-corrected chi connectivity index (χ1v) is 16.1. The number of carboxylic acids is 1. The molecule has 6 nitrogen and oxygen atoms in total. The summed E-state index contributed by atoms with van der Waals surface area (Å²) in [5.41, 5.74) is 7.53. The number of esters is 1. The first-order chi connectivity index (χ1) is 17.6. The van der Waals surface area contributed by atoms with Crippen LogP contribution in [0.25, 0.3) is 0 Å². The van der Waals surface area contributed by atoms with E-state index in [0.29, 0.717) is 31.7 Å². The SMILES string of the molecule is COC(=O)[C@H](CSSCC(N)C(=O)O)N(CCC(=S)c1ccc(Br)cc1)CCC(=S)c1ccc(Br)cc1. The monoisotopic (exact) mass is 706 g/mol. The number of carbonyl (C=O) groups is 2. The van der Waals surface area contributed by atoms with E-state index in [2.05, 4.69) is 31.9 Å². The van der Waals surface area contributed by atoms with Gasteiger partial charge >= 0.3 is 11.9 Å². The van der Waals surface area contributed by atoms with Crippen molar-refractivity contribution in [1.82, 2.24) is 4.90 Å². The molecule has 0 radical (unpaired) electrons. The Hall–Kier alpha value is -0.860. The number of nitrogens with zero attached hydrogens (tertiary/aromatic N) is 1. The molecule has 2 atom stereocenters. The van der Waals surface area contributed by atoms with E-state index >= 15 is 0 Å². The van der Waals surface area contributed by atoms with Gasteiger partial charge in [-0.25, -0.2) is 0 Å². The molecule has 0 aliphatic rings. The number of methoxy groups -OCH3 is 1. The zero-order valence-electron chi connectivity index (χ0n) is 20.1. The third kappa shape index (κ3) is 11.4. The first-order valence-electron chi connectivity index (χ1n) is 11.2. The van der Waals surface area contributed by atoms with Gasteiger partial charge in [-0.05, 0) is 48.2 Å². The van der Waals surface area contributed by atoms with Gasteiger partial charge in [-0.3, -0.25) is 14.5 Å². The number of nitrogens with two attached hydrogens (primary N) is 1. The molecule has 2 aromatic rings. The van der Waals surface area contributed by atoms with Crippen LogP contribution in [-0.4, -0.2) is 75.5 Å². The van der Waals surface area contributed by atoms with E-state index in [1.807, 2.05) is 53.4 Å². The normalized spacial score (nSPS) is 12.7. The number of rotatable bonds is 16. The predicted octanol–water partition coefficient (Wildman–Crippen LogP) is 5.76. The summed E-state index contributed by atoms with van der Waals surface area (Å²) in [6, 6.07) is 14.1. The van der Waals surface area contributed by atoms with Crippen LogP contribution in [0.5, 0.6) is 0 Å². The molecule has 0 heterocycles. The highest BCUT2D eigenvalue weighted by Crippen LogP contribution is 2.25. The summed E-state index contributed by atoms with van der Waals surface area (Å²) in [5.74, 6) is -0.781. The number of halogens is 2. The van der Waals surface area contributed by atoms with Gasteiger partial charge < -0.3 is 15.6 Å². The van der Waals surface area contributed by atoms with Crippen LogP contribution >= 0.6 is 77.9 Å². The maximum absolute atomic E-state index is 12.8. The van der Waals surface area contributed by atoms with Crippen LogP contribution in [0.15, 0.2) is 57.5 Å². The number of carbonyl (C=O) groups excluding carboxylic acids is 1. The zero-order valence-corrected chi connectivity index (χ0v) is 26.5. The molecular formula is C25H28Br2N2O4S4. The van der Waals surface area contributed by atoms with Crippen molar-refractivity contribution < 1.29 is 19.4 Å². The van der Waals surface area contributed by atoms with Gasteiger partial charge in [0.2, 0.25) is 0 Å². The summed E-state index contributed by atoms with van der Waals surface area (Å²) in [7, 11) is 4.09. The quantitative estimate of drug-likeness (QED) is 0.0738. The summed E-state index contributed by atoms with van der Waals surface area (Å²) in [6.45, 7) is 1.08. The molecule has 2 aromatic carbocycles. The van der Waals surface area contributed by atoms with Crippen molar-refractivity contribution in [2.24, 2.45) is 5.73 Å². The van der Waals surface area contributed by atoms with Gasteiger partial charge in [0, 0.05) is 43.3 Å². The summed E-state index contributed by atoms with van der Waals surface area (Å²) < 4.78 is 7.07. The van der Waals surface area contributed by atoms with E-state index in [-0.39, 0.29) is 11.7 Å². The average molecular weight is 709 g/mol. The van der Waals surface area contributed by atoms with Crippen molar-refractivity contribution in [3.63, 3.8) is 0 Å². The van der Waals surface area contributed by atoms with E-state index in [1.165, 1.54) is 28.7 Å². The number of hydrogen-bond acceptors (Lipinski definition) is 9. The van der Waals surface area contributed by atoms with Crippen LogP contribution in [0.2, 0.25) is 0 Å². The predicted molar refractivity (Wildman–Crippen MR) is 169 cm³/mol. The average Bonchev–Trinajstić information content (AvgIpc) is 2.89. The van der Waals surface area contributed by atoms with Crippen LogP contribution in [-0.2, 0) is 14.3 Å². The second-order valence-electron chi connectivity index (χ2n) is 7.95. The van der Waals surface area contributed by atoms with Crippen molar-refractivity contribution in [3.8, 4) is 0 Å². The number of benzene rings is 2. The fraction of sp³-hybridized carbons (Fsp3) is 0.360. The standard InChI is InChI=1S/C25H28Br2N2O4S4/c1-33-25(32)21(15-37-36-14-20(28)24(30)31)29(12-10-22(34)16-2-6-18(26)7-3-16)13-11-23(35)17-4-8-19(27)9-5-17/h2-9,20-21H,10-15,28H2,1H3,(H,30,31)/t20?,21-/m0/s1. The highest BCUT2D eigenvalue weighted by molar-refractivity contribution is 9.10. The van der Waals surface area contributed by atoms with Crippen molar-refractivity contribution in [2.75, 3.05) is 31.7 Å². The highest BCUT2D eigenvalue weighted by atomic mass is 79.9. The Labute approximate surface area is 253 Å². The van der Waals surface area contributed by atoms with Crippen molar-refractivity contribution in [2.45, 2.75) is 24.9 Å². The molecule has 0 aliphatic carbocycles. The summed E-state index contributed by atoms with van der Waals surface area (Å²) in [5, 5.41) is 9.01. The van der Waals surface area contributed by atoms with E-state index in [9.17, 15) is 9.59 Å². The number of ether oxygens (including phenoxy) is 1. The van der Waals surface area contributed by atoms with Gasteiger partial charge in [0.25, 0.3) is 0 Å². The van der Waals surface area contributed by atoms with Crippen molar-refractivity contribution in [3.05, 3.63) is 68.6 Å². The molecular weight excluding hydrogens is 680 g/mol. The molecule has 3 N–H and O–H groups in total. The third-order valence-corrected chi connectivity index (χ3v) is 9.74. The maximum Gasteiger partial charge on any atom is 0.323 e. The molecule has 0 saturated heterocycles. The summed E-state index contributed by atoms with van der Waals surface area (Å²) in [6.07, 6.45) is 1.16. The Morgan fingerprint density at radius 1 is 0.919 bits per heavy atom. The molecule has 0 bridgehead atoms. The van der Waals surface area contributed by atoms with Crippen LogP contribution in [0, 0.1) is 0 Å². The summed E-state index contributed by atoms with van der Waals surface area (Å²) in [4.78, 5) is 27.5. The van der Waals surface area contributed by atoms with Gasteiger partial charge in [-0.1, -0.05) is 102 Å². The summed E-state index contributed by atoms with van der Waals surface area (Å²) >= 11 is 18.2. The van der Waals surface area contributed by atoms with E-state index < -0.39 is 18.1 Å². The lowest BCUT2D eigenvalue weighted by atomic mass is 10.1. The third-order valence-electron chi connectivity index (χ3n) is 5.37. The molecule has 0 amide bonds. The van der Waals surface area contributed by atoms with Gasteiger partial charge in [0.1, 0.15) is 12.1 Å². The zero-order chi connectivity index (χ0) is 27.4. The van der Waals surface area contributed by atoms with Gasteiger partial charge in [-0.2, -0.15) is 0 Å². The Morgan fingerprint density at radius 2 is 1.35 bits per heavy atom. The maximum atomic E-state index is 12.8. The lowest BCUT2D eigenvalue weighted by Gasteiger charge is -2.30. The van der Waals surface area contributed by atoms with Gasteiger partial charge in [-0.15, -0.1) is 0 Å². The molecule has 0 aliphatic heterocycles. The molecule has 200 valence electrons. The molecule has 0 saturated carbocycles. The van der Waals surface area contributed by atoms with E-state index in [1.54, 1.807) is 0 Å².